The highest BCUT2D eigenvalue weighted by Crippen LogP contribution is 2.37. The van der Waals surface area contributed by atoms with Gasteiger partial charge in [-0.15, -0.1) is 0 Å². The third-order valence-corrected chi connectivity index (χ3v) is 8.97. The molecule has 2 aromatic carbocycles. The van der Waals surface area contributed by atoms with Gasteiger partial charge in [-0.05, 0) is 63.1 Å². The molecular weight excluding hydrogens is 599 g/mol. The van der Waals surface area contributed by atoms with Gasteiger partial charge < -0.3 is 20.3 Å². The molecule has 0 bridgehead atoms. The van der Waals surface area contributed by atoms with Gasteiger partial charge in [0.1, 0.15) is 40.5 Å². The third-order valence-electron chi connectivity index (χ3n) is 8.97. The van der Waals surface area contributed by atoms with Gasteiger partial charge in [0.15, 0.2) is 0 Å². The second-order valence-electron chi connectivity index (χ2n) is 12.5. The number of rotatable bonds is 7. The van der Waals surface area contributed by atoms with Crippen molar-refractivity contribution in [1.29, 1.82) is 5.26 Å². The van der Waals surface area contributed by atoms with Crippen molar-refractivity contribution >= 4 is 28.5 Å². The maximum absolute atomic E-state index is 15.7. The number of hydrogen-bond donors (Lipinski definition) is 1. The Morgan fingerprint density at radius 3 is 2.64 bits per heavy atom. The number of likely N-dealkylation sites (N-methyl/N-ethyl adjacent to an activating group) is 1. The Bertz CT molecular complexity index is 1900. The SMILES string of the molecule is CN1CCN(C(C)(C)C=C(C#N)C(=O)N2CCCC(n3nc(-c4ccc(Oc5ccccc5)cc4F)c4c(N)nccc43)C2)CC1=O. The number of aromatic nitrogens is 3. The van der Waals surface area contributed by atoms with Crippen LogP contribution in [0.25, 0.3) is 22.2 Å². The minimum Gasteiger partial charge on any atom is -0.457 e. The summed E-state index contributed by atoms with van der Waals surface area (Å²) >= 11 is 0. The van der Waals surface area contributed by atoms with Crippen molar-refractivity contribution in [1.82, 2.24) is 29.5 Å². The molecule has 1 atom stereocenters. The van der Waals surface area contributed by atoms with Crippen molar-refractivity contribution < 1.29 is 18.7 Å². The number of pyridine rings is 1. The Kier molecular flexibility index (Phi) is 8.66. The molecule has 2 fully saturated rings. The molecule has 2 saturated heterocycles. The molecule has 2 aliphatic rings. The number of nitrogens with zero attached hydrogens (tertiary/aromatic N) is 7. The van der Waals surface area contributed by atoms with Crippen molar-refractivity contribution in [3.05, 3.63) is 78.3 Å². The summed E-state index contributed by atoms with van der Waals surface area (Å²) in [5.74, 6) is 0.255. The smallest absolute Gasteiger partial charge is 0.264 e. The number of likely N-dealkylation sites (tertiary alicyclic amines) is 1. The number of ether oxygens (including phenoxy) is 1. The fraction of sp³-hybridized carbons (Fsp3) is 0.343. The largest absolute Gasteiger partial charge is 0.457 e. The summed E-state index contributed by atoms with van der Waals surface area (Å²) < 4.78 is 23.3. The van der Waals surface area contributed by atoms with Gasteiger partial charge in [-0.3, -0.25) is 19.2 Å². The first-order valence-electron chi connectivity index (χ1n) is 15.6. The highest BCUT2D eigenvalue weighted by Gasteiger charge is 2.34. The fourth-order valence-corrected chi connectivity index (χ4v) is 6.30. The van der Waals surface area contributed by atoms with E-state index in [2.05, 4.69) is 11.1 Å². The van der Waals surface area contributed by atoms with Gasteiger partial charge in [0, 0.05) is 56.6 Å². The van der Waals surface area contributed by atoms with Gasteiger partial charge in [0.05, 0.1) is 23.5 Å². The van der Waals surface area contributed by atoms with Gasteiger partial charge in [0.2, 0.25) is 5.91 Å². The topological polar surface area (TPSA) is 134 Å². The van der Waals surface area contributed by atoms with Crippen molar-refractivity contribution in [3.63, 3.8) is 0 Å². The summed E-state index contributed by atoms with van der Waals surface area (Å²) in [4.78, 5) is 35.7. The highest BCUT2D eigenvalue weighted by molar-refractivity contribution is 6.00. The van der Waals surface area contributed by atoms with Crippen LogP contribution in [0.2, 0.25) is 0 Å². The third kappa shape index (κ3) is 6.39. The first-order chi connectivity index (χ1) is 22.6. The average molecular weight is 637 g/mol. The van der Waals surface area contributed by atoms with Crippen LogP contribution in [-0.2, 0) is 9.59 Å². The number of fused-ring (bicyclic) bond motifs is 1. The predicted octanol–water partition coefficient (Wildman–Crippen LogP) is 4.78. The molecule has 2 aliphatic heterocycles. The van der Waals surface area contributed by atoms with Crippen LogP contribution < -0.4 is 10.5 Å². The molecule has 11 nitrogen and oxygen atoms in total. The van der Waals surface area contributed by atoms with Gasteiger partial charge >= 0.3 is 0 Å². The first-order valence-corrected chi connectivity index (χ1v) is 15.6. The number of nitrogens with two attached hydrogens (primary N) is 1. The Morgan fingerprint density at radius 1 is 1.13 bits per heavy atom. The molecule has 2 aromatic heterocycles. The molecule has 0 spiro atoms. The molecule has 0 saturated carbocycles. The van der Waals surface area contributed by atoms with E-state index >= 15 is 4.39 Å². The van der Waals surface area contributed by atoms with Crippen LogP contribution in [0, 0.1) is 17.1 Å². The van der Waals surface area contributed by atoms with E-state index < -0.39 is 11.4 Å². The number of anilines is 1. The Morgan fingerprint density at radius 2 is 1.91 bits per heavy atom. The molecule has 47 heavy (non-hydrogen) atoms. The first kappa shape index (κ1) is 31.7. The van der Waals surface area contributed by atoms with Crippen LogP contribution in [0.1, 0.15) is 32.7 Å². The van der Waals surface area contributed by atoms with Crippen molar-refractivity contribution in [2.45, 2.75) is 38.3 Å². The van der Waals surface area contributed by atoms with Crippen LogP contribution in [0.4, 0.5) is 10.2 Å². The second kappa shape index (κ2) is 12.8. The number of piperidine rings is 1. The summed E-state index contributed by atoms with van der Waals surface area (Å²) in [7, 11) is 1.77. The van der Waals surface area contributed by atoms with E-state index in [4.69, 9.17) is 15.6 Å². The lowest BCUT2D eigenvalue weighted by Gasteiger charge is -2.41. The van der Waals surface area contributed by atoms with E-state index in [0.29, 0.717) is 60.7 Å². The number of para-hydroxylation sites is 1. The van der Waals surface area contributed by atoms with Crippen molar-refractivity contribution in [2.24, 2.45) is 0 Å². The molecule has 6 rings (SSSR count). The Labute approximate surface area is 272 Å². The standard InChI is InChI=1S/C35H37FN8O3/c1-35(2,43-17-16-41(3)30(45)22-43)19-23(20-37)34(46)42-15-7-8-24(21-42)44-29-13-14-39-33(38)31(29)32(40-44)27-12-11-26(18-28(27)36)47-25-9-5-4-6-10-25/h4-6,9-14,18-19,24H,7-8,15-17,21-22H2,1-3H3,(H2,38,39). The quantitative estimate of drug-likeness (QED) is 0.226. The molecule has 4 aromatic rings. The number of carbonyl (C=O) groups is 2. The van der Waals surface area contributed by atoms with Crippen molar-refractivity contribution in [3.8, 4) is 28.8 Å². The summed E-state index contributed by atoms with van der Waals surface area (Å²) in [5.41, 5.74) is 6.95. The number of benzene rings is 2. The lowest BCUT2D eigenvalue weighted by molar-refractivity contribution is -0.136. The van der Waals surface area contributed by atoms with E-state index in [-0.39, 0.29) is 41.4 Å². The summed E-state index contributed by atoms with van der Waals surface area (Å²) in [5, 5.41) is 15.4. The van der Waals surface area contributed by atoms with Gasteiger partial charge in [-0.25, -0.2) is 9.37 Å². The zero-order valence-corrected chi connectivity index (χ0v) is 26.7. The second-order valence-corrected chi connectivity index (χ2v) is 12.5. The zero-order chi connectivity index (χ0) is 33.3. The number of nitrogen functional groups attached to an aromatic ring is 1. The molecule has 0 radical (unpaired) electrons. The summed E-state index contributed by atoms with van der Waals surface area (Å²) in [6.45, 7) is 6.03. The number of hydrogen-bond acceptors (Lipinski definition) is 8. The summed E-state index contributed by atoms with van der Waals surface area (Å²) in [6.07, 6.45) is 4.65. The minimum absolute atomic E-state index is 0.000529. The Hall–Kier alpha value is -5.28. The average Bonchev–Trinajstić information content (AvgIpc) is 3.46. The number of nitriles is 1. The maximum Gasteiger partial charge on any atom is 0.264 e. The van der Waals surface area contributed by atoms with Gasteiger partial charge in [-0.2, -0.15) is 10.4 Å². The molecule has 2 N–H and O–H groups in total. The van der Waals surface area contributed by atoms with E-state index in [0.717, 1.165) is 6.42 Å². The lowest BCUT2D eigenvalue weighted by atomic mass is 9.96. The van der Waals surface area contributed by atoms with Gasteiger partial charge in [-0.1, -0.05) is 18.2 Å². The van der Waals surface area contributed by atoms with E-state index in [1.165, 1.54) is 6.07 Å². The monoisotopic (exact) mass is 636 g/mol. The number of carbonyl (C=O) groups excluding carboxylic acids is 2. The van der Waals surface area contributed by atoms with Crippen molar-refractivity contribution in [2.75, 3.05) is 45.5 Å². The molecular formula is C35H37FN8O3. The van der Waals surface area contributed by atoms with E-state index in [1.807, 2.05) is 36.9 Å². The minimum atomic E-state index is -0.684. The number of piperazine rings is 1. The molecule has 2 amide bonds. The highest BCUT2D eigenvalue weighted by atomic mass is 19.1. The molecule has 0 aliphatic carbocycles. The van der Waals surface area contributed by atoms with Crippen LogP contribution in [-0.4, -0.2) is 86.6 Å². The predicted molar refractivity (Wildman–Crippen MR) is 176 cm³/mol. The fourth-order valence-electron chi connectivity index (χ4n) is 6.30. The van der Waals surface area contributed by atoms with Gasteiger partial charge in [0.25, 0.3) is 5.91 Å². The van der Waals surface area contributed by atoms with Crippen LogP contribution in [0.5, 0.6) is 11.5 Å². The summed E-state index contributed by atoms with van der Waals surface area (Å²) in [6, 6.07) is 17.4. The molecule has 12 heteroatoms. The molecule has 242 valence electrons. The number of amides is 2. The normalized spacial score (nSPS) is 18.0. The van der Waals surface area contributed by atoms with Crippen LogP contribution in [0.15, 0.2) is 72.4 Å². The zero-order valence-electron chi connectivity index (χ0n) is 26.7. The van der Waals surface area contributed by atoms with E-state index in [9.17, 15) is 14.9 Å². The molecule has 1 unspecified atom stereocenters. The number of halogens is 1. The maximum atomic E-state index is 15.7. The Balaban J connectivity index is 1.27. The molecule has 4 heterocycles. The van der Waals surface area contributed by atoms with Crippen LogP contribution in [0.3, 0.4) is 0 Å². The van der Waals surface area contributed by atoms with Crippen LogP contribution >= 0.6 is 0 Å². The van der Waals surface area contributed by atoms with E-state index in [1.54, 1.807) is 64.1 Å². The lowest BCUT2D eigenvalue weighted by Crippen LogP contribution is -2.55.